The first kappa shape index (κ1) is 16.5. The van der Waals surface area contributed by atoms with Crippen LogP contribution >= 0.6 is 0 Å². The first-order valence-corrected chi connectivity index (χ1v) is 6.89. The zero-order valence-corrected chi connectivity index (χ0v) is 13.0. The third-order valence-corrected chi connectivity index (χ3v) is 3.34. The first-order valence-electron chi connectivity index (χ1n) is 6.89. The molecular formula is C14H26N4O2. The Morgan fingerprint density at radius 3 is 2.65 bits per heavy atom. The molecular weight excluding hydrogens is 256 g/mol. The van der Waals surface area contributed by atoms with Gasteiger partial charge >= 0.3 is 0 Å². The lowest BCUT2D eigenvalue weighted by Crippen LogP contribution is -2.35. The van der Waals surface area contributed by atoms with Crippen molar-refractivity contribution in [1.29, 1.82) is 0 Å². The van der Waals surface area contributed by atoms with Crippen LogP contribution in [0.5, 0.6) is 0 Å². The lowest BCUT2D eigenvalue weighted by atomic mass is 9.89. The van der Waals surface area contributed by atoms with E-state index in [9.17, 15) is 4.79 Å². The number of carbonyl (C=O) groups is 1. The molecule has 0 bridgehead atoms. The van der Waals surface area contributed by atoms with Gasteiger partial charge in [-0.2, -0.15) is 5.10 Å². The molecule has 0 atom stereocenters. The Bertz CT molecular complexity index is 452. The number of anilines is 1. The van der Waals surface area contributed by atoms with E-state index in [1.54, 1.807) is 7.11 Å². The molecule has 0 fully saturated rings. The molecule has 1 amide bonds. The summed E-state index contributed by atoms with van der Waals surface area (Å²) in [5.74, 6) is -0.0293. The Hall–Kier alpha value is -1.56. The van der Waals surface area contributed by atoms with Crippen molar-refractivity contribution in [3.63, 3.8) is 0 Å². The highest BCUT2D eigenvalue weighted by atomic mass is 16.5. The number of aromatic amines is 1. The molecule has 20 heavy (non-hydrogen) atoms. The fraction of sp³-hybridized carbons (Fsp3) is 0.714. The van der Waals surface area contributed by atoms with Crippen LogP contribution in [0.2, 0.25) is 0 Å². The number of hydrogen-bond acceptors (Lipinski definition) is 4. The smallest absolute Gasteiger partial charge is 0.273 e. The average Bonchev–Trinajstić information content (AvgIpc) is 2.76. The van der Waals surface area contributed by atoms with E-state index in [4.69, 9.17) is 10.5 Å². The van der Waals surface area contributed by atoms with Crippen molar-refractivity contribution in [3.05, 3.63) is 11.4 Å². The van der Waals surface area contributed by atoms with Crippen LogP contribution in [0.3, 0.4) is 0 Å². The summed E-state index contributed by atoms with van der Waals surface area (Å²) < 4.78 is 5.07. The molecule has 6 heteroatoms. The van der Waals surface area contributed by atoms with Crippen LogP contribution in [-0.4, -0.2) is 36.4 Å². The van der Waals surface area contributed by atoms with E-state index >= 15 is 0 Å². The van der Waals surface area contributed by atoms with Crippen molar-refractivity contribution in [3.8, 4) is 0 Å². The van der Waals surface area contributed by atoms with Gasteiger partial charge in [0.15, 0.2) is 5.69 Å². The molecule has 0 saturated heterocycles. The lowest BCUT2D eigenvalue weighted by molar-refractivity contribution is 0.0917. The number of ether oxygens (including phenoxy) is 1. The molecule has 4 N–H and O–H groups in total. The van der Waals surface area contributed by atoms with Gasteiger partial charge in [-0.3, -0.25) is 9.89 Å². The molecule has 6 nitrogen and oxygen atoms in total. The van der Waals surface area contributed by atoms with Gasteiger partial charge in [-0.05, 0) is 17.8 Å². The van der Waals surface area contributed by atoms with E-state index in [1.165, 1.54) is 0 Å². The van der Waals surface area contributed by atoms with Crippen LogP contribution in [0.15, 0.2) is 0 Å². The highest BCUT2D eigenvalue weighted by Crippen LogP contribution is 2.23. The Labute approximate surface area is 120 Å². The van der Waals surface area contributed by atoms with Crippen molar-refractivity contribution >= 4 is 11.6 Å². The summed E-state index contributed by atoms with van der Waals surface area (Å²) in [5, 5.41) is 9.73. The zero-order valence-electron chi connectivity index (χ0n) is 13.0. The summed E-state index contributed by atoms with van der Waals surface area (Å²) in [6.45, 7) is 9.39. The normalized spacial score (nSPS) is 11.9. The Kier molecular flexibility index (Phi) is 5.56. The van der Waals surface area contributed by atoms with Crippen molar-refractivity contribution in [2.24, 2.45) is 5.41 Å². The predicted octanol–water partition coefficient (Wildman–Crippen LogP) is 1.91. The van der Waals surface area contributed by atoms with Gasteiger partial charge in [-0.25, -0.2) is 0 Å². The molecule has 1 aromatic rings. The van der Waals surface area contributed by atoms with Crippen LogP contribution in [0, 0.1) is 5.41 Å². The van der Waals surface area contributed by atoms with Crippen molar-refractivity contribution in [1.82, 2.24) is 15.5 Å². The maximum Gasteiger partial charge on any atom is 0.273 e. The van der Waals surface area contributed by atoms with E-state index in [2.05, 4.69) is 29.4 Å². The second kappa shape index (κ2) is 6.74. The molecule has 114 valence electrons. The van der Waals surface area contributed by atoms with Crippen LogP contribution in [0.25, 0.3) is 0 Å². The van der Waals surface area contributed by atoms with Gasteiger partial charge < -0.3 is 15.8 Å². The standard InChI is InChI=1S/C14H26N4O2/c1-9(2)11-10(15)12(18-17-11)13(19)16-8-14(3,4)6-7-20-5/h9H,6-8,15H2,1-5H3,(H,16,19)(H,17,18). The SMILES string of the molecule is COCCC(C)(C)CNC(=O)c1n[nH]c(C(C)C)c1N. The molecule has 0 spiro atoms. The molecule has 1 heterocycles. The van der Waals surface area contributed by atoms with Gasteiger partial charge in [0, 0.05) is 20.3 Å². The lowest BCUT2D eigenvalue weighted by Gasteiger charge is -2.24. The fourth-order valence-corrected chi connectivity index (χ4v) is 1.85. The average molecular weight is 282 g/mol. The number of H-pyrrole nitrogens is 1. The topological polar surface area (TPSA) is 93.0 Å². The van der Waals surface area contributed by atoms with Crippen LogP contribution in [0.4, 0.5) is 5.69 Å². The number of nitrogens with zero attached hydrogens (tertiary/aromatic N) is 1. The van der Waals surface area contributed by atoms with Gasteiger partial charge in [0.25, 0.3) is 5.91 Å². The molecule has 1 rings (SSSR count). The second-order valence-corrected chi connectivity index (χ2v) is 6.14. The Morgan fingerprint density at radius 1 is 1.50 bits per heavy atom. The largest absolute Gasteiger partial charge is 0.395 e. The quantitative estimate of drug-likeness (QED) is 0.712. The minimum Gasteiger partial charge on any atom is -0.395 e. The third kappa shape index (κ3) is 4.23. The number of nitrogens with one attached hydrogen (secondary N) is 2. The summed E-state index contributed by atoms with van der Waals surface area (Å²) in [6.07, 6.45) is 0.872. The molecule has 0 unspecified atom stereocenters. The number of hydrogen-bond donors (Lipinski definition) is 3. The van der Waals surface area contributed by atoms with Crippen molar-refractivity contribution in [2.75, 3.05) is 26.0 Å². The minimum atomic E-state index is -0.240. The molecule has 1 aromatic heterocycles. The van der Waals surface area contributed by atoms with Crippen LogP contribution < -0.4 is 11.1 Å². The van der Waals surface area contributed by atoms with E-state index in [0.717, 1.165) is 12.1 Å². The number of nitrogens with two attached hydrogens (primary N) is 1. The molecule has 0 aliphatic carbocycles. The number of amides is 1. The summed E-state index contributed by atoms with van der Waals surface area (Å²) in [7, 11) is 1.67. The number of nitrogen functional groups attached to an aromatic ring is 1. The number of carbonyl (C=O) groups excluding carboxylic acids is 1. The van der Waals surface area contributed by atoms with Gasteiger partial charge in [-0.1, -0.05) is 27.7 Å². The molecule has 0 saturated carbocycles. The highest BCUT2D eigenvalue weighted by molar-refractivity contribution is 5.97. The Balaban J connectivity index is 2.64. The van der Waals surface area contributed by atoms with Crippen molar-refractivity contribution < 1.29 is 9.53 Å². The fourth-order valence-electron chi connectivity index (χ4n) is 1.85. The van der Waals surface area contributed by atoms with Gasteiger partial charge in [-0.15, -0.1) is 0 Å². The summed E-state index contributed by atoms with van der Waals surface area (Å²) in [5.41, 5.74) is 7.43. The maximum atomic E-state index is 12.1. The summed E-state index contributed by atoms with van der Waals surface area (Å²) in [4.78, 5) is 12.1. The first-order chi connectivity index (χ1) is 9.28. The monoisotopic (exact) mass is 282 g/mol. The van der Waals surface area contributed by atoms with E-state index < -0.39 is 0 Å². The van der Waals surface area contributed by atoms with E-state index in [1.807, 2.05) is 13.8 Å². The van der Waals surface area contributed by atoms with Crippen LogP contribution in [-0.2, 0) is 4.74 Å². The number of methoxy groups -OCH3 is 1. The number of aromatic nitrogens is 2. The van der Waals surface area contributed by atoms with Gasteiger partial charge in [0.1, 0.15) is 0 Å². The van der Waals surface area contributed by atoms with E-state index in [0.29, 0.717) is 18.8 Å². The molecule has 0 aliphatic heterocycles. The molecule has 0 aliphatic rings. The molecule has 0 aromatic carbocycles. The summed E-state index contributed by atoms with van der Waals surface area (Å²) in [6, 6.07) is 0. The summed E-state index contributed by atoms with van der Waals surface area (Å²) >= 11 is 0. The van der Waals surface area contributed by atoms with Gasteiger partial charge in [0.05, 0.1) is 11.4 Å². The second-order valence-electron chi connectivity index (χ2n) is 6.14. The maximum absolute atomic E-state index is 12.1. The Morgan fingerprint density at radius 2 is 2.15 bits per heavy atom. The zero-order chi connectivity index (χ0) is 15.3. The van der Waals surface area contributed by atoms with Crippen molar-refractivity contribution in [2.45, 2.75) is 40.0 Å². The van der Waals surface area contributed by atoms with Gasteiger partial charge in [0.2, 0.25) is 0 Å². The highest BCUT2D eigenvalue weighted by Gasteiger charge is 2.22. The van der Waals surface area contributed by atoms with Crippen LogP contribution in [0.1, 0.15) is 56.2 Å². The minimum absolute atomic E-state index is 0.0301. The third-order valence-electron chi connectivity index (χ3n) is 3.34. The number of rotatable bonds is 7. The predicted molar refractivity (Wildman–Crippen MR) is 79.7 cm³/mol. The van der Waals surface area contributed by atoms with E-state index in [-0.39, 0.29) is 22.9 Å². The molecule has 0 radical (unpaired) electrons.